The van der Waals surface area contributed by atoms with E-state index in [1.807, 2.05) is 6.92 Å². The Balaban J connectivity index is 1.70. The number of fused-ring (bicyclic) bond motifs is 2. The molecule has 7 atom stereocenters. The highest BCUT2D eigenvalue weighted by Gasteiger charge is 2.73. The standard InChI is InChI=1S/C18H28O5/c1-5-10-19-11-16(3)14-7-6-12(2)13-8-9-17(4)21-15(20-16)18(13,14)23-22-17/h5,12-15H,1,6-11H2,2-4H3/t12-,13?,14+,15-,16-,17+,18-/m1/s1. The second kappa shape index (κ2) is 5.27. The Morgan fingerprint density at radius 1 is 1.17 bits per heavy atom. The van der Waals surface area contributed by atoms with Crippen molar-refractivity contribution in [1.29, 1.82) is 0 Å². The van der Waals surface area contributed by atoms with E-state index in [1.54, 1.807) is 6.08 Å². The molecule has 4 saturated heterocycles. The minimum Gasteiger partial charge on any atom is -0.374 e. The van der Waals surface area contributed by atoms with Gasteiger partial charge in [0, 0.05) is 12.3 Å². The molecule has 0 aromatic rings. The minimum absolute atomic E-state index is 0.216. The molecule has 1 saturated carbocycles. The summed E-state index contributed by atoms with van der Waals surface area (Å²) in [6, 6.07) is 0. The third-order valence-electron chi connectivity index (χ3n) is 6.46. The molecule has 5 heteroatoms. The van der Waals surface area contributed by atoms with Crippen molar-refractivity contribution >= 4 is 0 Å². The first-order valence-electron chi connectivity index (χ1n) is 8.85. The van der Waals surface area contributed by atoms with Gasteiger partial charge in [-0.1, -0.05) is 13.0 Å². The van der Waals surface area contributed by atoms with E-state index >= 15 is 0 Å². The summed E-state index contributed by atoms with van der Waals surface area (Å²) in [6.45, 7) is 11.2. The van der Waals surface area contributed by atoms with Gasteiger partial charge in [-0.15, -0.1) is 6.58 Å². The van der Waals surface area contributed by atoms with Crippen LogP contribution in [-0.4, -0.2) is 36.5 Å². The molecule has 4 aliphatic heterocycles. The molecule has 2 bridgehead atoms. The van der Waals surface area contributed by atoms with Gasteiger partial charge in [0.15, 0.2) is 11.9 Å². The van der Waals surface area contributed by atoms with Crippen LogP contribution in [0.15, 0.2) is 12.7 Å². The Kier molecular flexibility index (Phi) is 3.67. The second-order valence-corrected chi connectivity index (χ2v) is 8.09. The van der Waals surface area contributed by atoms with Gasteiger partial charge in [0.2, 0.25) is 5.79 Å². The van der Waals surface area contributed by atoms with Crippen molar-refractivity contribution < 1.29 is 24.0 Å². The molecule has 4 heterocycles. The number of hydrogen-bond donors (Lipinski definition) is 0. The molecule has 130 valence electrons. The van der Waals surface area contributed by atoms with Crippen LogP contribution in [0.5, 0.6) is 0 Å². The molecule has 0 N–H and O–H groups in total. The van der Waals surface area contributed by atoms with E-state index in [0.717, 1.165) is 19.3 Å². The Morgan fingerprint density at radius 2 is 2.00 bits per heavy atom. The van der Waals surface area contributed by atoms with Crippen LogP contribution in [0, 0.1) is 17.8 Å². The molecule has 1 unspecified atom stereocenters. The lowest BCUT2D eigenvalue weighted by Crippen LogP contribution is -2.62. The topological polar surface area (TPSA) is 46.2 Å². The van der Waals surface area contributed by atoms with Crippen LogP contribution in [0.2, 0.25) is 0 Å². The third-order valence-corrected chi connectivity index (χ3v) is 6.46. The van der Waals surface area contributed by atoms with E-state index in [-0.39, 0.29) is 12.2 Å². The summed E-state index contributed by atoms with van der Waals surface area (Å²) >= 11 is 0. The van der Waals surface area contributed by atoms with E-state index in [4.69, 9.17) is 24.0 Å². The maximum absolute atomic E-state index is 6.45. The average Bonchev–Trinajstić information content (AvgIpc) is 2.61. The highest BCUT2D eigenvalue weighted by Crippen LogP contribution is 2.63. The summed E-state index contributed by atoms with van der Waals surface area (Å²) in [5, 5.41) is 0. The molecule has 23 heavy (non-hydrogen) atoms. The maximum atomic E-state index is 6.45. The van der Waals surface area contributed by atoms with E-state index in [0.29, 0.717) is 25.0 Å². The quantitative estimate of drug-likeness (QED) is 0.451. The summed E-state index contributed by atoms with van der Waals surface area (Å²) in [7, 11) is 0. The van der Waals surface area contributed by atoms with Crippen LogP contribution in [0.1, 0.15) is 46.5 Å². The fourth-order valence-corrected chi connectivity index (χ4v) is 5.29. The minimum atomic E-state index is -0.704. The van der Waals surface area contributed by atoms with Gasteiger partial charge in [-0.3, -0.25) is 0 Å². The molecule has 0 amide bonds. The fourth-order valence-electron chi connectivity index (χ4n) is 5.29. The van der Waals surface area contributed by atoms with Gasteiger partial charge in [0.05, 0.1) is 18.8 Å². The smallest absolute Gasteiger partial charge is 0.201 e. The van der Waals surface area contributed by atoms with Crippen LogP contribution < -0.4 is 0 Å². The van der Waals surface area contributed by atoms with E-state index in [1.165, 1.54) is 6.42 Å². The molecular formula is C18H28O5. The van der Waals surface area contributed by atoms with Gasteiger partial charge >= 0.3 is 0 Å². The van der Waals surface area contributed by atoms with E-state index in [9.17, 15) is 0 Å². The highest BCUT2D eigenvalue weighted by atomic mass is 17.3. The molecule has 5 nitrogen and oxygen atoms in total. The number of rotatable bonds is 4. The van der Waals surface area contributed by atoms with Crippen molar-refractivity contribution in [3.63, 3.8) is 0 Å². The van der Waals surface area contributed by atoms with Crippen molar-refractivity contribution in [2.45, 2.75) is 69.7 Å². The lowest BCUT2D eigenvalue weighted by atomic mass is 9.60. The molecule has 0 aromatic carbocycles. The van der Waals surface area contributed by atoms with Crippen LogP contribution in [0.3, 0.4) is 0 Å². The zero-order valence-electron chi connectivity index (χ0n) is 14.4. The van der Waals surface area contributed by atoms with E-state index < -0.39 is 17.0 Å². The van der Waals surface area contributed by atoms with Crippen molar-refractivity contribution in [2.75, 3.05) is 13.2 Å². The Morgan fingerprint density at radius 3 is 2.78 bits per heavy atom. The average molecular weight is 324 g/mol. The Hall–Kier alpha value is -0.460. The van der Waals surface area contributed by atoms with Crippen molar-refractivity contribution in [3.05, 3.63) is 12.7 Å². The molecule has 5 fully saturated rings. The summed E-state index contributed by atoms with van der Waals surface area (Å²) in [6.07, 6.45) is 5.52. The largest absolute Gasteiger partial charge is 0.374 e. The van der Waals surface area contributed by atoms with E-state index in [2.05, 4.69) is 20.4 Å². The predicted octanol–water partition coefficient (Wildman–Crippen LogP) is 3.19. The number of hydrogen-bond acceptors (Lipinski definition) is 5. The first-order valence-corrected chi connectivity index (χ1v) is 8.85. The van der Waals surface area contributed by atoms with Gasteiger partial charge in [-0.2, -0.15) is 0 Å². The van der Waals surface area contributed by atoms with Gasteiger partial charge < -0.3 is 14.2 Å². The van der Waals surface area contributed by atoms with Gasteiger partial charge in [0.1, 0.15) is 0 Å². The summed E-state index contributed by atoms with van der Waals surface area (Å²) in [5.41, 5.74) is -0.919. The molecular weight excluding hydrogens is 296 g/mol. The van der Waals surface area contributed by atoms with Gasteiger partial charge in [-0.25, -0.2) is 9.78 Å². The monoisotopic (exact) mass is 324 g/mol. The molecule has 1 aliphatic carbocycles. The summed E-state index contributed by atoms with van der Waals surface area (Å²) in [5.74, 6) is 0.497. The maximum Gasteiger partial charge on any atom is 0.201 e. The van der Waals surface area contributed by atoms with Crippen LogP contribution in [0.4, 0.5) is 0 Å². The molecule has 1 spiro atoms. The summed E-state index contributed by atoms with van der Waals surface area (Å²) in [4.78, 5) is 11.9. The van der Waals surface area contributed by atoms with Crippen LogP contribution in [0.25, 0.3) is 0 Å². The molecule has 0 aromatic heterocycles. The third kappa shape index (κ3) is 2.17. The summed E-state index contributed by atoms with van der Waals surface area (Å²) < 4.78 is 18.5. The molecule has 5 aliphatic rings. The molecule has 5 rings (SSSR count). The predicted molar refractivity (Wildman–Crippen MR) is 83.3 cm³/mol. The first-order chi connectivity index (χ1) is 10.9. The lowest BCUT2D eigenvalue weighted by molar-refractivity contribution is -0.541. The van der Waals surface area contributed by atoms with Crippen molar-refractivity contribution in [2.24, 2.45) is 17.8 Å². The lowest BCUT2D eigenvalue weighted by Gasteiger charge is -2.50. The van der Waals surface area contributed by atoms with Crippen LogP contribution in [-0.2, 0) is 24.0 Å². The normalized spacial score (nSPS) is 54.6. The number of ether oxygens (including phenoxy) is 3. The van der Waals surface area contributed by atoms with Crippen molar-refractivity contribution in [1.82, 2.24) is 0 Å². The van der Waals surface area contributed by atoms with Gasteiger partial charge in [-0.05, 0) is 44.9 Å². The molecule has 0 radical (unpaired) electrons. The zero-order valence-corrected chi connectivity index (χ0v) is 14.4. The first kappa shape index (κ1) is 16.0. The van der Waals surface area contributed by atoms with Crippen molar-refractivity contribution in [3.8, 4) is 0 Å². The second-order valence-electron chi connectivity index (χ2n) is 8.09. The Bertz CT molecular complexity index is 496. The highest BCUT2D eigenvalue weighted by molar-refractivity contribution is 5.15. The SMILES string of the molecule is C=CCOC[C@@]1(C)O[C@@H]2O[C@]3(C)CCC4[C@H](C)CC[C@@H]1[C@]42OO3. The fraction of sp³-hybridized carbons (Fsp3) is 0.889. The Labute approximate surface area is 138 Å². The zero-order chi connectivity index (χ0) is 16.3. The van der Waals surface area contributed by atoms with Gasteiger partial charge in [0.25, 0.3) is 0 Å². The van der Waals surface area contributed by atoms with Crippen LogP contribution >= 0.6 is 0 Å².